The Morgan fingerprint density at radius 3 is 2.83 bits per heavy atom. The van der Waals surface area contributed by atoms with Crippen molar-refractivity contribution in [2.24, 2.45) is 0 Å². The molecule has 1 fully saturated rings. The van der Waals surface area contributed by atoms with E-state index in [0.717, 1.165) is 0 Å². The summed E-state index contributed by atoms with van der Waals surface area (Å²) >= 11 is 0. The lowest BCUT2D eigenvalue weighted by Crippen LogP contribution is -2.49. The number of hydrogen-bond acceptors (Lipinski definition) is 4. The molecule has 1 aromatic heterocycles. The molecule has 0 aromatic carbocycles. The van der Waals surface area contributed by atoms with Gasteiger partial charge in [0.1, 0.15) is 0 Å². The van der Waals surface area contributed by atoms with Gasteiger partial charge in [-0.25, -0.2) is 0 Å². The number of aromatic nitrogens is 1. The summed E-state index contributed by atoms with van der Waals surface area (Å²) in [6.07, 6.45) is 2.98. The molecule has 1 aliphatic rings. The lowest BCUT2D eigenvalue weighted by atomic mass is 10.1. The number of hydrogen-bond donors (Lipinski definition) is 1. The van der Waals surface area contributed by atoms with Crippen LogP contribution in [-0.2, 0) is 9.53 Å². The van der Waals surface area contributed by atoms with Gasteiger partial charge in [0.25, 0.3) is 5.91 Å². The number of carboxylic acids is 1. The fraction of sp³-hybridized carbons (Fsp3) is 0.417. The Kier molecular flexibility index (Phi) is 3.88. The highest BCUT2D eigenvalue weighted by atomic mass is 16.5. The van der Waals surface area contributed by atoms with Gasteiger partial charge in [-0.1, -0.05) is 0 Å². The van der Waals surface area contributed by atoms with Crippen molar-refractivity contribution in [2.45, 2.75) is 12.5 Å². The third kappa shape index (κ3) is 2.84. The first-order chi connectivity index (χ1) is 8.68. The Morgan fingerprint density at radius 2 is 2.17 bits per heavy atom. The molecule has 2 heterocycles. The second-order valence-electron chi connectivity index (χ2n) is 4.06. The maximum atomic E-state index is 12.2. The SMILES string of the molecule is O=C(O)C[C@H]1COCCN1C(=O)c1ccncc1. The number of nitrogens with zero attached hydrogens (tertiary/aromatic N) is 2. The number of carboxylic acid groups (broad SMARTS) is 1. The Morgan fingerprint density at radius 1 is 1.44 bits per heavy atom. The monoisotopic (exact) mass is 250 g/mol. The smallest absolute Gasteiger partial charge is 0.305 e. The average molecular weight is 250 g/mol. The molecule has 0 unspecified atom stereocenters. The molecule has 6 heteroatoms. The predicted molar refractivity (Wildman–Crippen MR) is 62.1 cm³/mol. The van der Waals surface area contributed by atoms with Crippen molar-refractivity contribution < 1.29 is 19.4 Å². The molecule has 1 N–H and O–H groups in total. The third-order valence-electron chi connectivity index (χ3n) is 2.83. The Bertz CT molecular complexity index is 435. The average Bonchev–Trinajstić information content (AvgIpc) is 2.39. The first kappa shape index (κ1) is 12.5. The number of rotatable bonds is 3. The summed E-state index contributed by atoms with van der Waals surface area (Å²) in [5.74, 6) is -1.11. The van der Waals surface area contributed by atoms with Crippen molar-refractivity contribution in [3.63, 3.8) is 0 Å². The minimum Gasteiger partial charge on any atom is -0.481 e. The number of carbonyl (C=O) groups is 2. The number of aliphatic carboxylic acids is 1. The van der Waals surface area contributed by atoms with E-state index >= 15 is 0 Å². The first-order valence-electron chi connectivity index (χ1n) is 5.69. The highest BCUT2D eigenvalue weighted by Crippen LogP contribution is 2.14. The summed E-state index contributed by atoms with van der Waals surface area (Å²) in [5.41, 5.74) is 0.516. The molecule has 0 spiro atoms. The van der Waals surface area contributed by atoms with E-state index in [1.165, 1.54) is 0 Å². The van der Waals surface area contributed by atoms with Crippen LogP contribution in [0.4, 0.5) is 0 Å². The molecule has 1 atom stereocenters. The van der Waals surface area contributed by atoms with Crippen LogP contribution in [0.5, 0.6) is 0 Å². The first-order valence-corrected chi connectivity index (χ1v) is 5.69. The molecule has 0 aliphatic carbocycles. The van der Waals surface area contributed by atoms with E-state index in [1.54, 1.807) is 29.4 Å². The van der Waals surface area contributed by atoms with Gasteiger partial charge in [-0.15, -0.1) is 0 Å². The molecule has 96 valence electrons. The van der Waals surface area contributed by atoms with E-state index in [4.69, 9.17) is 9.84 Å². The highest BCUT2D eigenvalue weighted by Gasteiger charge is 2.29. The third-order valence-corrected chi connectivity index (χ3v) is 2.83. The van der Waals surface area contributed by atoms with Crippen LogP contribution < -0.4 is 0 Å². The van der Waals surface area contributed by atoms with Gasteiger partial charge >= 0.3 is 5.97 Å². The van der Waals surface area contributed by atoms with Gasteiger partial charge in [0.2, 0.25) is 0 Å². The second kappa shape index (κ2) is 5.59. The molecular weight excluding hydrogens is 236 g/mol. The number of ether oxygens (including phenoxy) is 1. The lowest BCUT2D eigenvalue weighted by Gasteiger charge is -2.34. The van der Waals surface area contributed by atoms with Crippen molar-refractivity contribution in [1.82, 2.24) is 9.88 Å². The zero-order chi connectivity index (χ0) is 13.0. The molecular formula is C12H14N2O4. The molecule has 0 bridgehead atoms. The van der Waals surface area contributed by atoms with Crippen LogP contribution in [-0.4, -0.2) is 52.7 Å². The predicted octanol–water partition coefficient (Wildman–Crippen LogP) is 0.397. The Labute approximate surface area is 104 Å². The summed E-state index contributed by atoms with van der Waals surface area (Å²) in [6, 6.07) is 2.84. The maximum Gasteiger partial charge on any atom is 0.305 e. The molecule has 6 nitrogen and oxygen atoms in total. The second-order valence-corrected chi connectivity index (χ2v) is 4.06. The van der Waals surface area contributed by atoms with Gasteiger partial charge in [-0.2, -0.15) is 0 Å². The van der Waals surface area contributed by atoms with Crippen LogP contribution in [0.3, 0.4) is 0 Å². The number of carbonyl (C=O) groups excluding carboxylic acids is 1. The molecule has 1 aliphatic heterocycles. The topological polar surface area (TPSA) is 79.7 Å². The summed E-state index contributed by atoms with van der Waals surface area (Å²) < 4.78 is 5.23. The Hall–Kier alpha value is -1.95. The van der Waals surface area contributed by atoms with Crippen LogP contribution in [0.2, 0.25) is 0 Å². The number of amides is 1. The number of morpholine rings is 1. The van der Waals surface area contributed by atoms with Gasteiger partial charge in [0.05, 0.1) is 25.7 Å². The van der Waals surface area contributed by atoms with Crippen LogP contribution in [0, 0.1) is 0 Å². The maximum absolute atomic E-state index is 12.2. The quantitative estimate of drug-likeness (QED) is 0.839. The highest BCUT2D eigenvalue weighted by molar-refractivity contribution is 5.94. The van der Waals surface area contributed by atoms with E-state index in [2.05, 4.69) is 4.98 Å². The van der Waals surface area contributed by atoms with Gasteiger partial charge in [0.15, 0.2) is 0 Å². The zero-order valence-corrected chi connectivity index (χ0v) is 9.78. The van der Waals surface area contributed by atoms with Crippen molar-refractivity contribution in [1.29, 1.82) is 0 Å². The van der Waals surface area contributed by atoms with Crippen molar-refractivity contribution >= 4 is 11.9 Å². The van der Waals surface area contributed by atoms with Gasteiger partial charge in [-0.3, -0.25) is 14.6 Å². The molecule has 0 saturated carbocycles. The molecule has 1 aromatic rings. The van der Waals surface area contributed by atoms with Gasteiger partial charge in [0, 0.05) is 24.5 Å². The summed E-state index contributed by atoms with van der Waals surface area (Å²) in [5, 5.41) is 8.83. The number of pyridine rings is 1. The van der Waals surface area contributed by atoms with E-state index < -0.39 is 12.0 Å². The minimum absolute atomic E-state index is 0.100. The lowest BCUT2D eigenvalue weighted by molar-refractivity contribution is -0.139. The van der Waals surface area contributed by atoms with E-state index in [-0.39, 0.29) is 18.9 Å². The van der Waals surface area contributed by atoms with E-state index in [1.807, 2.05) is 0 Å². The molecule has 0 radical (unpaired) electrons. The van der Waals surface area contributed by atoms with Crippen molar-refractivity contribution in [3.8, 4) is 0 Å². The molecule has 1 amide bonds. The van der Waals surface area contributed by atoms with Crippen LogP contribution in [0.1, 0.15) is 16.8 Å². The van der Waals surface area contributed by atoms with E-state index in [0.29, 0.717) is 18.7 Å². The normalized spacial score (nSPS) is 19.6. The van der Waals surface area contributed by atoms with E-state index in [9.17, 15) is 9.59 Å². The fourth-order valence-electron chi connectivity index (χ4n) is 1.95. The summed E-state index contributed by atoms with van der Waals surface area (Å²) in [6.45, 7) is 1.12. The summed E-state index contributed by atoms with van der Waals surface area (Å²) in [4.78, 5) is 28.4. The zero-order valence-electron chi connectivity index (χ0n) is 9.78. The van der Waals surface area contributed by atoms with Crippen molar-refractivity contribution in [3.05, 3.63) is 30.1 Å². The molecule has 1 saturated heterocycles. The Balaban J connectivity index is 2.13. The molecule has 2 rings (SSSR count). The van der Waals surface area contributed by atoms with Crippen LogP contribution in [0.25, 0.3) is 0 Å². The summed E-state index contributed by atoms with van der Waals surface area (Å²) in [7, 11) is 0. The minimum atomic E-state index is -0.932. The van der Waals surface area contributed by atoms with Gasteiger partial charge in [-0.05, 0) is 12.1 Å². The van der Waals surface area contributed by atoms with Gasteiger partial charge < -0.3 is 14.7 Å². The molecule has 18 heavy (non-hydrogen) atoms. The van der Waals surface area contributed by atoms with Crippen LogP contribution >= 0.6 is 0 Å². The van der Waals surface area contributed by atoms with Crippen molar-refractivity contribution in [2.75, 3.05) is 19.8 Å². The van der Waals surface area contributed by atoms with Crippen LogP contribution in [0.15, 0.2) is 24.5 Å². The standard InChI is InChI=1S/C12H14N2O4/c15-11(16)7-10-8-18-6-5-14(10)12(17)9-1-3-13-4-2-9/h1-4,10H,5-8H2,(H,15,16)/t10-/m0/s1. The largest absolute Gasteiger partial charge is 0.481 e. The fourth-order valence-corrected chi connectivity index (χ4v) is 1.95.